The summed E-state index contributed by atoms with van der Waals surface area (Å²) in [6.07, 6.45) is 1.75. The van der Waals surface area contributed by atoms with E-state index in [1.807, 2.05) is 51.1 Å². The molecule has 194 valence electrons. The van der Waals surface area contributed by atoms with Crippen molar-refractivity contribution in [2.75, 3.05) is 11.9 Å². The number of carboxylic acids is 1. The van der Waals surface area contributed by atoms with Crippen LogP contribution in [0.3, 0.4) is 0 Å². The van der Waals surface area contributed by atoms with Gasteiger partial charge in [0.2, 0.25) is 0 Å². The van der Waals surface area contributed by atoms with Gasteiger partial charge in [0.25, 0.3) is 0 Å². The van der Waals surface area contributed by atoms with Crippen molar-refractivity contribution in [1.29, 1.82) is 0 Å². The van der Waals surface area contributed by atoms with Gasteiger partial charge in [-0.1, -0.05) is 24.3 Å². The van der Waals surface area contributed by atoms with E-state index >= 15 is 0 Å². The number of benzene rings is 2. The summed E-state index contributed by atoms with van der Waals surface area (Å²) < 4.78 is 21.9. The van der Waals surface area contributed by atoms with Crippen molar-refractivity contribution in [3.05, 3.63) is 83.5 Å². The Morgan fingerprint density at radius 1 is 1.05 bits per heavy atom. The second-order valence-electron chi connectivity index (χ2n) is 9.30. The third kappa shape index (κ3) is 5.27. The number of nitrogens with one attached hydrogen (secondary N) is 1. The summed E-state index contributed by atoms with van der Waals surface area (Å²) in [5.41, 5.74) is 6.16. The molecule has 0 spiro atoms. The van der Waals surface area contributed by atoms with Crippen molar-refractivity contribution in [1.82, 2.24) is 19.5 Å². The Labute approximate surface area is 219 Å². The third-order valence-electron chi connectivity index (χ3n) is 6.54. The van der Waals surface area contributed by atoms with Gasteiger partial charge in [0.15, 0.2) is 11.7 Å². The van der Waals surface area contributed by atoms with Crippen LogP contribution in [0, 0.1) is 26.6 Å². The molecule has 0 aliphatic rings. The Balaban J connectivity index is 1.27. The Bertz CT molecular complexity index is 1620. The standard InChI is InChI=1S/C29H28FN5O3/c1-17-12-22(30)14-25-23(17)13-18(2)35(25)11-10-31-26-15-24(32-16-33-26)20-4-6-21(7-5-20)29-19(3)34-27(38-29)8-9-28(36)37/h4-7,12-16H,8-11H2,1-3H3,(H,36,37)(H,31,32,33). The molecule has 0 aliphatic carbocycles. The highest BCUT2D eigenvalue weighted by Gasteiger charge is 2.14. The normalized spacial score (nSPS) is 11.3. The summed E-state index contributed by atoms with van der Waals surface area (Å²) in [6, 6.07) is 14.9. The van der Waals surface area contributed by atoms with Gasteiger partial charge in [-0.25, -0.2) is 19.3 Å². The maximum atomic E-state index is 14.0. The molecule has 9 heteroatoms. The van der Waals surface area contributed by atoms with Crippen LogP contribution >= 0.6 is 0 Å². The monoisotopic (exact) mass is 513 g/mol. The fourth-order valence-electron chi connectivity index (χ4n) is 4.66. The van der Waals surface area contributed by atoms with E-state index in [0.717, 1.165) is 44.7 Å². The highest BCUT2D eigenvalue weighted by atomic mass is 19.1. The maximum absolute atomic E-state index is 14.0. The molecule has 0 atom stereocenters. The first kappa shape index (κ1) is 25.1. The van der Waals surface area contributed by atoms with Crippen molar-refractivity contribution in [2.24, 2.45) is 0 Å². The number of fused-ring (bicyclic) bond motifs is 1. The largest absolute Gasteiger partial charge is 0.481 e. The predicted octanol–water partition coefficient (Wildman–Crippen LogP) is 5.95. The van der Waals surface area contributed by atoms with Crippen molar-refractivity contribution >= 4 is 22.7 Å². The lowest BCUT2D eigenvalue weighted by molar-refractivity contribution is -0.137. The van der Waals surface area contributed by atoms with Crippen LogP contribution in [0.2, 0.25) is 0 Å². The summed E-state index contributed by atoms with van der Waals surface area (Å²) in [5, 5.41) is 13.3. The number of rotatable bonds is 9. The molecule has 0 fully saturated rings. The van der Waals surface area contributed by atoms with Gasteiger partial charge in [0.1, 0.15) is 18.0 Å². The molecule has 2 aromatic carbocycles. The van der Waals surface area contributed by atoms with Gasteiger partial charge >= 0.3 is 5.97 Å². The second-order valence-corrected chi connectivity index (χ2v) is 9.30. The molecule has 3 aromatic heterocycles. The minimum absolute atomic E-state index is 0.0255. The van der Waals surface area contributed by atoms with Crippen LogP contribution in [0.5, 0.6) is 0 Å². The molecule has 0 unspecified atom stereocenters. The van der Waals surface area contributed by atoms with Gasteiger partial charge in [0.05, 0.1) is 23.3 Å². The van der Waals surface area contributed by atoms with Crippen LogP contribution in [-0.4, -0.2) is 37.1 Å². The van der Waals surface area contributed by atoms with Crippen LogP contribution in [-0.2, 0) is 17.8 Å². The molecule has 5 rings (SSSR count). The number of halogens is 1. The number of hydrogen-bond acceptors (Lipinski definition) is 6. The van der Waals surface area contributed by atoms with Crippen molar-refractivity contribution in [3.8, 4) is 22.6 Å². The Kier molecular flexibility index (Phi) is 6.91. The number of carboxylic acid groups (broad SMARTS) is 1. The fourth-order valence-corrected chi connectivity index (χ4v) is 4.66. The number of oxazole rings is 1. The topological polar surface area (TPSA) is 106 Å². The summed E-state index contributed by atoms with van der Waals surface area (Å²) in [5.74, 6) is 0.628. The number of anilines is 1. The first-order valence-electron chi connectivity index (χ1n) is 12.4. The van der Waals surface area contributed by atoms with Crippen LogP contribution in [0.15, 0.2) is 59.3 Å². The molecule has 0 radical (unpaired) electrons. The lowest BCUT2D eigenvalue weighted by Crippen LogP contribution is -2.12. The van der Waals surface area contributed by atoms with E-state index < -0.39 is 5.97 Å². The molecule has 5 aromatic rings. The molecule has 38 heavy (non-hydrogen) atoms. The van der Waals surface area contributed by atoms with Gasteiger partial charge in [-0.05, 0) is 44.5 Å². The Hall–Kier alpha value is -4.53. The second kappa shape index (κ2) is 10.5. The molecule has 3 heterocycles. The Morgan fingerprint density at radius 2 is 1.82 bits per heavy atom. The summed E-state index contributed by atoms with van der Waals surface area (Å²) in [6.45, 7) is 7.08. The van der Waals surface area contributed by atoms with Crippen LogP contribution < -0.4 is 5.32 Å². The SMILES string of the molecule is Cc1nc(CCC(=O)O)oc1-c1ccc(-c2cc(NCCn3c(C)cc4c(C)cc(F)cc43)ncn2)cc1. The average Bonchev–Trinajstić information content (AvgIpc) is 3.42. The number of aryl methyl sites for hydroxylation is 4. The first-order chi connectivity index (χ1) is 18.3. The van der Waals surface area contributed by atoms with E-state index in [4.69, 9.17) is 9.52 Å². The third-order valence-corrected chi connectivity index (χ3v) is 6.54. The number of nitrogens with zero attached hydrogens (tertiary/aromatic N) is 4. The zero-order valence-corrected chi connectivity index (χ0v) is 21.5. The zero-order chi connectivity index (χ0) is 26.8. The minimum Gasteiger partial charge on any atom is -0.481 e. The summed E-state index contributed by atoms with van der Waals surface area (Å²) >= 11 is 0. The highest BCUT2D eigenvalue weighted by Crippen LogP contribution is 2.28. The number of aromatic nitrogens is 4. The quantitative estimate of drug-likeness (QED) is 0.251. The molecule has 2 N–H and O–H groups in total. The van der Waals surface area contributed by atoms with Crippen LogP contribution in [0.4, 0.5) is 10.2 Å². The molecular formula is C29H28FN5O3. The number of aliphatic carboxylic acids is 1. The molecular weight excluding hydrogens is 485 g/mol. The summed E-state index contributed by atoms with van der Waals surface area (Å²) in [7, 11) is 0. The molecule has 0 bridgehead atoms. The maximum Gasteiger partial charge on any atom is 0.303 e. The molecule has 0 saturated carbocycles. The molecule has 0 saturated heterocycles. The lowest BCUT2D eigenvalue weighted by atomic mass is 10.1. The van der Waals surface area contributed by atoms with Gasteiger partial charge in [0, 0.05) is 47.8 Å². The van der Waals surface area contributed by atoms with E-state index in [-0.39, 0.29) is 18.7 Å². The molecule has 0 aliphatic heterocycles. The number of hydrogen-bond donors (Lipinski definition) is 2. The van der Waals surface area contributed by atoms with Gasteiger partial charge in [-0.3, -0.25) is 4.79 Å². The van der Waals surface area contributed by atoms with E-state index in [0.29, 0.717) is 30.6 Å². The summed E-state index contributed by atoms with van der Waals surface area (Å²) in [4.78, 5) is 23.9. The Morgan fingerprint density at radius 3 is 2.58 bits per heavy atom. The zero-order valence-electron chi connectivity index (χ0n) is 21.5. The van der Waals surface area contributed by atoms with Crippen LogP contribution in [0.1, 0.15) is 29.3 Å². The molecule has 8 nitrogen and oxygen atoms in total. The minimum atomic E-state index is -0.885. The van der Waals surface area contributed by atoms with E-state index in [2.05, 4.69) is 30.9 Å². The fraction of sp³-hybridized carbons (Fsp3) is 0.241. The van der Waals surface area contributed by atoms with Gasteiger partial charge in [-0.15, -0.1) is 0 Å². The first-order valence-corrected chi connectivity index (χ1v) is 12.4. The van der Waals surface area contributed by atoms with Crippen molar-refractivity contribution in [2.45, 2.75) is 40.2 Å². The number of carbonyl (C=O) groups is 1. The predicted molar refractivity (Wildman–Crippen MR) is 144 cm³/mol. The van der Waals surface area contributed by atoms with Crippen molar-refractivity contribution in [3.63, 3.8) is 0 Å². The van der Waals surface area contributed by atoms with E-state index in [9.17, 15) is 9.18 Å². The lowest BCUT2D eigenvalue weighted by Gasteiger charge is -2.11. The van der Waals surface area contributed by atoms with Gasteiger partial charge in [-0.2, -0.15) is 0 Å². The highest BCUT2D eigenvalue weighted by molar-refractivity contribution is 5.84. The average molecular weight is 514 g/mol. The smallest absolute Gasteiger partial charge is 0.303 e. The van der Waals surface area contributed by atoms with Crippen LogP contribution in [0.25, 0.3) is 33.5 Å². The molecule has 0 amide bonds. The van der Waals surface area contributed by atoms with Gasteiger partial charge < -0.3 is 19.4 Å². The van der Waals surface area contributed by atoms with E-state index in [1.54, 1.807) is 12.1 Å². The van der Waals surface area contributed by atoms with E-state index in [1.165, 1.54) is 6.33 Å². The van der Waals surface area contributed by atoms with Crippen molar-refractivity contribution < 1.29 is 18.7 Å².